The quantitative estimate of drug-likeness (QED) is 0.732. The van der Waals surface area contributed by atoms with Gasteiger partial charge in [-0.1, -0.05) is 48.5 Å². The first-order valence-corrected chi connectivity index (χ1v) is 9.65. The summed E-state index contributed by atoms with van der Waals surface area (Å²) in [6.45, 7) is 1.20. The average molecular weight is 395 g/mol. The summed E-state index contributed by atoms with van der Waals surface area (Å²) in [6, 6.07) is 18.6. The number of ether oxygens (including phenoxy) is 1. The minimum Gasteiger partial charge on any atom is -0.374 e. The lowest BCUT2D eigenvalue weighted by Crippen LogP contribution is -2.50. The van der Waals surface area contributed by atoms with Crippen LogP contribution in [0.25, 0.3) is 0 Å². The van der Waals surface area contributed by atoms with Gasteiger partial charge in [0.25, 0.3) is 5.91 Å². The van der Waals surface area contributed by atoms with Crippen molar-refractivity contribution >= 4 is 17.7 Å². The molecule has 29 heavy (non-hydrogen) atoms. The molecule has 1 saturated heterocycles. The zero-order valence-corrected chi connectivity index (χ0v) is 16.2. The van der Waals surface area contributed by atoms with Crippen LogP contribution < -0.4 is 10.6 Å². The van der Waals surface area contributed by atoms with Crippen molar-refractivity contribution < 1.29 is 19.1 Å². The lowest BCUT2D eigenvalue weighted by molar-refractivity contribution is -0.139. The molecule has 152 valence electrons. The van der Waals surface area contributed by atoms with E-state index in [0.717, 1.165) is 12.0 Å². The fraction of sp³-hybridized carbons (Fsp3) is 0.318. The van der Waals surface area contributed by atoms with Gasteiger partial charge in [-0.25, -0.2) is 0 Å². The number of morpholine rings is 1. The maximum atomic E-state index is 12.4. The molecule has 0 aliphatic carbocycles. The van der Waals surface area contributed by atoms with E-state index in [1.807, 2.05) is 36.4 Å². The molecule has 3 rings (SSSR count). The summed E-state index contributed by atoms with van der Waals surface area (Å²) in [5, 5.41) is 5.11. The van der Waals surface area contributed by atoms with Gasteiger partial charge < -0.3 is 20.3 Å². The summed E-state index contributed by atoms with van der Waals surface area (Å²) in [7, 11) is 0. The standard InChI is InChI=1S/C22H25N3O4/c26-20(14-24-22(28)18-9-5-2-6-10-18)23-15-21(27)25-11-12-29-19(16-25)13-17-7-3-1-4-8-17/h1-10,19H,11-16H2,(H,23,26)(H,24,28). The first-order valence-electron chi connectivity index (χ1n) is 9.65. The second kappa shape index (κ2) is 10.4. The second-order valence-electron chi connectivity index (χ2n) is 6.85. The Kier molecular flexibility index (Phi) is 7.35. The van der Waals surface area contributed by atoms with Crippen molar-refractivity contribution in [2.45, 2.75) is 12.5 Å². The highest BCUT2D eigenvalue weighted by Crippen LogP contribution is 2.11. The molecule has 1 aliphatic rings. The number of nitrogens with one attached hydrogen (secondary N) is 2. The Morgan fingerprint density at radius 3 is 2.34 bits per heavy atom. The van der Waals surface area contributed by atoms with E-state index in [2.05, 4.69) is 10.6 Å². The lowest BCUT2D eigenvalue weighted by Gasteiger charge is -2.33. The van der Waals surface area contributed by atoms with E-state index in [1.165, 1.54) is 0 Å². The highest BCUT2D eigenvalue weighted by molar-refractivity contribution is 5.96. The van der Waals surface area contributed by atoms with E-state index in [0.29, 0.717) is 25.3 Å². The average Bonchev–Trinajstić information content (AvgIpc) is 2.77. The van der Waals surface area contributed by atoms with Crippen molar-refractivity contribution in [2.75, 3.05) is 32.8 Å². The van der Waals surface area contributed by atoms with Gasteiger partial charge in [-0.15, -0.1) is 0 Å². The van der Waals surface area contributed by atoms with Crippen molar-refractivity contribution in [3.05, 3.63) is 71.8 Å². The Labute approximate surface area is 170 Å². The maximum Gasteiger partial charge on any atom is 0.251 e. The van der Waals surface area contributed by atoms with Gasteiger partial charge in [-0.05, 0) is 17.7 Å². The number of carbonyl (C=O) groups is 3. The molecule has 1 atom stereocenters. The summed E-state index contributed by atoms with van der Waals surface area (Å²) < 4.78 is 5.77. The molecule has 0 saturated carbocycles. The third kappa shape index (κ3) is 6.43. The van der Waals surface area contributed by atoms with Crippen LogP contribution in [0.5, 0.6) is 0 Å². The Bertz CT molecular complexity index is 826. The van der Waals surface area contributed by atoms with Crippen LogP contribution in [0, 0.1) is 0 Å². The minimum atomic E-state index is -0.406. The van der Waals surface area contributed by atoms with E-state index in [1.54, 1.807) is 29.2 Å². The molecule has 2 N–H and O–H groups in total. The molecular weight excluding hydrogens is 370 g/mol. The van der Waals surface area contributed by atoms with Gasteiger partial charge in [-0.2, -0.15) is 0 Å². The highest BCUT2D eigenvalue weighted by Gasteiger charge is 2.24. The van der Waals surface area contributed by atoms with Gasteiger partial charge in [0.1, 0.15) is 0 Å². The third-order valence-electron chi connectivity index (χ3n) is 4.68. The molecule has 1 fully saturated rings. The number of carbonyl (C=O) groups excluding carboxylic acids is 3. The number of hydrogen-bond acceptors (Lipinski definition) is 4. The van der Waals surface area contributed by atoms with Crippen LogP contribution in [0.4, 0.5) is 0 Å². The van der Waals surface area contributed by atoms with Crippen LogP contribution in [-0.2, 0) is 20.7 Å². The number of nitrogens with zero attached hydrogens (tertiary/aromatic N) is 1. The predicted octanol–water partition coefficient (Wildman–Crippen LogP) is 1.00. The number of hydrogen-bond donors (Lipinski definition) is 2. The largest absolute Gasteiger partial charge is 0.374 e. The Morgan fingerprint density at radius 2 is 1.62 bits per heavy atom. The summed E-state index contributed by atoms with van der Waals surface area (Å²) in [5.41, 5.74) is 1.64. The molecule has 0 spiro atoms. The van der Waals surface area contributed by atoms with Crippen LogP contribution in [0.2, 0.25) is 0 Å². The zero-order chi connectivity index (χ0) is 20.5. The molecule has 1 aliphatic heterocycles. The SMILES string of the molecule is O=C(CNC(=O)c1ccccc1)NCC(=O)N1CCOC(Cc2ccccc2)C1. The molecule has 1 unspecified atom stereocenters. The van der Waals surface area contributed by atoms with Crippen molar-refractivity contribution in [2.24, 2.45) is 0 Å². The van der Waals surface area contributed by atoms with E-state index < -0.39 is 5.91 Å². The van der Waals surface area contributed by atoms with E-state index in [9.17, 15) is 14.4 Å². The topological polar surface area (TPSA) is 87.7 Å². The van der Waals surface area contributed by atoms with Gasteiger partial charge in [0.05, 0.1) is 25.8 Å². The summed E-state index contributed by atoms with van der Waals surface area (Å²) in [4.78, 5) is 38.0. The minimum absolute atomic E-state index is 0.0593. The molecule has 0 radical (unpaired) electrons. The fourth-order valence-electron chi connectivity index (χ4n) is 3.15. The van der Waals surface area contributed by atoms with Crippen LogP contribution in [0.3, 0.4) is 0 Å². The normalized spacial score (nSPS) is 16.1. The molecule has 7 nitrogen and oxygen atoms in total. The molecule has 1 heterocycles. The van der Waals surface area contributed by atoms with Crippen LogP contribution in [0.15, 0.2) is 60.7 Å². The van der Waals surface area contributed by atoms with E-state index >= 15 is 0 Å². The maximum absolute atomic E-state index is 12.4. The van der Waals surface area contributed by atoms with Gasteiger partial charge in [0, 0.05) is 25.1 Å². The third-order valence-corrected chi connectivity index (χ3v) is 4.68. The van der Waals surface area contributed by atoms with Crippen LogP contribution in [-0.4, -0.2) is 61.5 Å². The summed E-state index contributed by atoms with van der Waals surface area (Å²) >= 11 is 0. The van der Waals surface area contributed by atoms with Crippen LogP contribution in [0.1, 0.15) is 15.9 Å². The molecule has 7 heteroatoms. The molecule has 0 aromatic heterocycles. The number of benzene rings is 2. The molecule has 2 aromatic rings. The molecule has 0 bridgehead atoms. The first kappa shape index (κ1) is 20.5. The van der Waals surface area contributed by atoms with Crippen molar-refractivity contribution in [1.29, 1.82) is 0 Å². The Hall–Kier alpha value is -3.19. The zero-order valence-electron chi connectivity index (χ0n) is 16.2. The van der Waals surface area contributed by atoms with Crippen molar-refractivity contribution in [3.63, 3.8) is 0 Å². The molecule has 3 amide bonds. The van der Waals surface area contributed by atoms with Crippen molar-refractivity contribution in [1.82, 2.24) is 15.5 Å². The number of amides is 3. The Morgan fingerprint density at radius 1 is 0.931 bits per heavy atom. The summed E-state index contributed by atoms with van der Waals surface area (Å²) in [6.07, 6.45) is 0.679. The second-order valence-corrected chi connectivity index (χ2v) is 6.85. The first-order chi connectivity index (χ1) is 14.1. The predicted molar refractivity (Wildman–Crippen MR) is 108 cm³/mol. The highest BCUT2D eigenvalue weighted by atomic mass is 16.5. The molecule has 2 aromatic carbocycles. The monoisotopic (exact) mass is 395 g/mol. The summed E-state index contributed by atoms with van der Waals surface area (Å²) in [5.74, 6) is -0.894. The van der Waals surface area contributed by atoms with Gasteiger partial charge in [0.2, 0.25) is 11.8 Å². The fourth-order valence-corrected chi connectivity index (χ4v) is 3.15. The van der Waals surface area contributed by atoms with E-state index in [-0.39, 0.29) is 31.0 Å². The van der Waals surface area contributed by atoms with Crippen molar-refractivity contribution in [3.8, 4) is 0 Å². The van der Waals surface area contributed by atoms with Gasteiger partial charge in [-0.3, -0.25) is 14.4 Å². The van der Waals surface area contributed by atoms with Gasteiger partial charge >= 0.3 is 0 Å². The number of rotatable bonds is 7. The molecular formula is C22H25N3O4. The van der Waals surface area contributed by atoms with Gasteiger partial charge in [0.15, 0.2) is 0 Å². The lowest BCUT2D eigenvalue weighted by atomic mass is 10.1. The Balaban J connectivity index is 1.39. The van der Waals surface area contributed by atoms with E-state index in [4.69, 9.17) is 4.74 Å². The smallest absolute Gasteiger partial charge is 0.251 e. The van der Waals surface area contributed by atoms with Crippen LogP contribution >= 0.6 is 0 Å².